The van der Waals surface area contributed by atoms with Gasteiger partial charge in [0.25, 0.3) is 0 Å². The van der Waals surface area contributed by atoms with Gasteiger partial charge in [-0.3, -0.25) is 9.10 Å². The third-order valence-electron chi connectivity index (χ3n) is 2.86. The molecule has 0 aliphatic heterocycles. The van der Waals surface area contributed by atoms with Crippen LogP contribution in [0.25, 0.3) is 10.9 Å². The third kappa shape index (κ3) is 2.49. The Hall–Kier alpha value is -1.82. The van der Waals surface area contributed by atoms with E-state index in [9.17, 15) is 13.2 Å². The maximum atomic E-state index is 11.8. The maximum absolute atomic E-state index is 11.8. The molecule has 0 radical (unpaired) electrons. The predicted molar refractivity (Wildman–Crippen MR) is 76.1 cm³/mol. The zero-order valence-corrected chi connectivity index (χ0v) is 11.9. The number of anilines is 1. The molecule has 0 bridgehead atoms. The van der Waals surface area contributed by atoms with Gasteiger partial charge in [0, 0.05) is 17.0 Å². The van der Waals surface area contributed by atoms with Crippen LogP contribution in [0.3, 0.4) is 0 Å². The normalized spacial score (nSPS) is 12.0. The first-order chi connectivity index (χ1) is 8.84. The van der Waals surface area contributed by atoms with Crippen LogP contribution in [-0.4, -0.2) is 32.0 Å². The molecule has 0 fully saturated rings. The first-order valence-electron chi connectivity index (χ1n) is 5.91. The van der Waals surface area contributed by atoms with E-state index in [2.05, 4.69) is 4.98 Å². The number of para-hydroxylation sites is 1. The van der Waals surface area contributed by atoms with Crippen LogP contribution >= 0.6 is 0 Å². The quantitative estimate of drug-likeness (QED) is 0.872. The van der Waals surface area contributed by atoms with Gasteiger partial charge in [-0.2, -0.15) is 0 Å². The minimum atomic E-state index is -3.37. The maximum Gasteiger partial charge on any atom is 0.233 e. The zero-order valence-electron chi connectivity index (χ0n) is 11.0. The molecular weight excluding hydrogens is 264 g/mol. The SMILES string of the molecule is CC(C)N(c1cc2cccc(C=O)c2[nH]1)S(C)(=O)=O. The second-order valence-electron chi connectivity index (χ2n) is 4.74. The van der Waals surface area contributed by atoms with E-state index < -0.39 is 10.0 Å². The standard InChI is InChI=1S/C13H16N2O3S/c1-9(2)15(19(3,17)18)12-7-10-5-4-6-11(8-16)13(10)14-12/h4-9,14H,1-3H3. The molecule has 0 aliphatic carbocycles. The molecule has 1 heterocycles. The van der Waals surface area contributed by atoms with Crippen molar-refractivity contribution < 1.29 is 13.2 Å². The van der Waals surface area contributed by atoms with Gasteiger partial charge in [-0.25, -0.2) is 8.42 Å². The number of benzene rings is 1. The average molecular weight is 280 g/mol. The Kier molecular flexibility index (Phi) is 3.36. The van der Waals surface area contributed by atoms with Crippen molar-refractivity contribution in [1.82, 2.24) is 4.98 Å². The number of aromatic amines is 1. The summed E-state index contributed by atoms with van der Waals surface area (Å²) in [4.78, 5) is 14.0. The summed E-state index contributed by atoms with van der Waals surface area (Å²) in [6.45, 7) is 3.60. The van der Waals surface area contributed by atoms with Crippen LogP contribution in [0.15, 0.2) is 24.3 Å². The predicted octanol–water partition coefficient (Wildman–Crippen LogP) is 2.15. The number of hydrogen-bond donors (Lipinski definition) is 1. The van der Waals surface area contributed by atoms with Gasteiger partial charge < -0.3 is 4.98 Å². The summed E-state index contributed by atoms with van der Waals surface area (Å²) in [5.74, 6) is 0.474. The molecule has 0 unspecified atom stereocenters. The highest BCUT2D eigenvalue weighted by Crippen LogP contribution is 2.26. The number of fused-ring (bicyclic) bond motifs is 1. The van der Waals surface area contributed by atoms with Crippen molar-refractivity contribution in [2.45, 2.75) is 19.9 Å². The Balaban J connectivity index is 2.66. The van der Waals surface area contributed by atoms with Gasteiger partial charge in [-0.05, 0) is 26.0 Å². The lowest BCUT2D eigenvalue weighted by Gasteiger charge is -2.24. The van der Waals surface area contributed by atoms with Crippen molar-refractivity contribution in [3.05, 3.63) is 29.8 Å². The minimum Gasteiger partial charge on any atom is -0.340 e. The summed E-state index contributed by atoms with van der Waals surface area (Å²) >= 11 is 0. The fourth-order valence-electron chi connectivity index (χ4n) is 2.22. The van der Waals surface area contributed by atoms with E-state index in [-0.39, 0.29) is 6.04 Å². The molecule has 19 heavy (non-hydrogen) atoms. The van der Waals surface area contributed by atoms with E-state index in [4.69, 9.17) is 0 Å². The van der Waals surface area contributed by atoms with Gasteiger partial charge in [-0.1, -0.05) is 12.1 Å². The molecule has 0 aliphatic rings. The van der Waals surface area contributed by atoms with Crippen molar-refractivity contribution in [2.24, 2.45) is 0 Å². The summed E-state index contributed by atoms with van der Waals surface area (Å²) in [5.41, 5.74) is 1.17. The van der Waals surface area contributed by atoms with Gasteiger partial charge in [0.15, 0.2) is 6.29 Å². The first kappa shape index (κ1) is 13.6. The van der Waals surface area contributed by atoms with Crippen LogP contribution in [0.5, 0.6) is 0 Å². The molecule has 1 N–H and O–H groups in total. The van der Waals surface area contributed by atoms with E-state index in [0.29, 0.717) is 16.9 Å². The van der Waals surface area contributed by atoms with Gasteiger partial charge in [0.1, 0.15) is 5.82 Å². The number of carbonyl (C=O) groups is 1. The van der Waals surface area contributed by atoms with E-state index in [1.54, 1.807) is 32.0 Å². The monoisotopic (exact) mass is 280 g/mol. The smallest absolute Gasteiger partial charge is 0.233 e. The molecular formula is C13H16N2O3S. The van der Waals surface area contributed by atoms with E-state index >= 15 is 0 Å². The molecule has 5 nitrogen and oxygen atoms in total. The van der Waals surface area contributed by atoms with Crippen LogP contribution in [0.2, 0.25) is 0 Å². The molecule has 0 spiro atoms. The summed E-state index contributed by atoms with van der Waals surface area (Å²) in [7, 11) is -3.37. The van der Waals surface area contributed by atoms with Crippen LogP contribution in [0.4, 0.5) is 5.82 Å². The van der Waals surface area contributed by atoms with Crippen LogP contribution < -0.4 is 4.31 Å². The highest BCUT2D eigenvalue weighted by Gasteiger charge is 2.22. The summed E-state index contributed by atoms with van der Waals surface area (Å²) in [6.07, 6.45) is 1.92. The Morgan fingerprint density at radius 2 is 2.00 bits per heavy atom. The first-order valence-corrected chi connectivity index (χ1v) is 7.75. The molecule has 6 heteroatoms. The van der Waals surface area contributed by atoms with Gasteiger partial charge in [-0.15, -0.1) is 0 Å². The number of aldehydes is 1. The lowest BCUT2D eigenvalue weighted by atomic mass is 10.2. The van der Waals surface area contributed by atoms with E-state index in [0.717, 1.165) is 11.7 Å². The topological polar surface area (TPSA) is 70.2 Å². The summed E-state index contributed by atoms with van der Waals surface area (Å²) in [5, 5.41) is 0.814. The van der Waals surface area contributed by atoms with Gasteiger partial charge in [0.05, 0.1) is 11.8 Å². The fourth-order valence-corrected chi connectivity index (χ4v) is 3.44. The second-order valence-corrected chi connectivity index (χ2v) is 6.60. The Morgan fingerprint density at radius 3 is 2.53 bits per heavy atom. The summed E-state index contributed by atoms with van der Waals surface area (Å²) in [6, 6.07) is 6.83. The molecule has 102 valence electrons. The van der Waals surface area contributed by atoms with Crippen LogP contribution in [0.1, 0.15) is 24.2 Å². The number of nitrogens with zero attached hydrogens (tertiary/aromatic N) is 1. The lowest BCUT2D eigenvalue weighted by Crippen LogP contribution is -2.36. The average Bonchev–Trinajstić information content (AvgIpc) is 2.68. The number of carbonyl (C=O) groups excluding carboxylic acids is 1. The molecule has 0 saturated heterocycles. The Labute approximate surface area is 112 Å². The Morgan fingerprint density at radius 1 is 1.32 bits per heavy atom. The Bertz CT molecular complexity index is 717. The number of H-pyrrole nitrogens is 1. The highest BCUT2D eigenvalue weighted by molar-refractivity contribution is 7.92. The van der Waals surface area contributed by atoms with Crippen molar-refractivity contribution in [3.63, 3.8) is 0 Å². The number of hydrogen-bond acceptors (Lipinski definition) is 3. The van der Waals surface area contributed by atoms with Crippen LogP contribution in [-0.2, 0) is 10.0 Å². The van der Waals surface area contributed by atoms with Crippen molar-refractivity contribution in [3.8, 4) is 0 Å². The molecule has 0 saturated carbocycles. The number of aromatic nitrogens is 1. The fraction of sp³-hybridized carbons (Fsp3) is 0.308. The van der Waals surface area contributed by atoms with Crippen LogP contribution in [0, 0.1) is 0 Å². The number of sulfonamides is 1. The molecule has 1 aromatic heterocycles. The second kappa shape index (κ2) is 4.70. The molecule has 0 atom stereocenters. The number of nitrogens with one attached hydrogen (secondary N) is 1. The highest BCUT2D eigenvalue weighted by atomic mass is 32.2. The molecule has 2 rings (SSSR count). The lowest BCUT2D eigenvalue weighted by molar-refractivity contribution is 0.112. The van der Waals surface area contributed by atoms with E-state index in [1.807, 2.05) is 6.07 Å². The van der Waals surface area contributed by atoms with Gasteiger partial charge in [0.2, 0.25) is 10.0 Å². The zero-order chi connectivity index (χ0) is 14.2. The van der Waals surface area contributed by atoms with Gasteiger partial charge >= 0.3 is 0 Å². The van der Waals surface area contributed by atoms with Crippen molar-refractivity contribution in [2.75, 3.05) is 10.6 Å². The van der Waals surface area contributed by atoms with E-state index in [1.165, 1.54) is 10.6 Å². The molecule has 0 amide bonds. The third-order valence-corrected chi connectivity index (χ3v) is 4.20. The molecule has 2 aromatic rings. The van der Waals surface area contributed by atoms with Crippen molar-refractivity contribution in [1.29, 1.82) is 0 Å². The van der Waals surface area contributed by atoms with Crippen molar-refractivity contribution >= 4 is 33.0 Å². The largest absolute Gasteiger partial charge is 0.340 e. The minimum absolute atomic E-state index is 0.206. The summed E-state index contributed by atoms with van der Waals surface area (Å²) < 4.78 is 25.0. The number of rotatable bonds is 4. The molecule has 1 aromatic carbocycles.